The smallest absolute Gasteiger partial charge is 0.119 e. The van der Waals surface area contributed by atoms with Gasteiger partial charge in [0.1, 0.15) is 12.4 Å². The molecule has 30 heavy (non-hydrogen) atoms. The Morgan fingerprint density at radius 2 is 1.70 bits per heavy atom. The molecule has 2 atom stereocenters. The van der Waals surface area contributed by atoms with Gasteiger partial charge in [-0.05, 0) is 75.1 Å². The van der Waals surface area contributed by atoms with E-state index in [4.69, 9.17) is 4.74 Å². The Hall–Kier alpha value is -2.52. The van der Waals surface area contributed by atoms with Crippen LogP contribution >= 0.6 is 0 Å². The molecular formula is C27H33NO2. The molecule has 0 aliphatic heterocycles. The highest BCUT2D eigenvalue weighted by Gasteiger charge is 2.30. The summed E-state index contributed by atoms with van der Waals surface area (Å²) >= 11 is 0. The fourth-order valence-electron chi connectivity index (χ4n) is 4.72. The summed E-state index contributed by atoms with van der Waals surface area (Å²) in [4.78, 5) is 2.60. The van der Waals surface area contributed by atoms with Crippen LogP contribution in [0.1, 0.15) is 51.5 Å². The van der Waals surface area contributed by atoms with E-state index < -0.39 is 5.60 Å². The Morgan fingerprint density at radius 3 is 2.43 bits per heavy atom. The maximum absolute atomic E-state index is 9.84. The van der Waals surface area contributed by atoms with Crippen LogP contribution in [0.2, 0.25) is 0 Å². The number of ether oxygens (including phenoxy) is 1. The minimum atomic E-state index is -0.817. The van der Waals surface area contributed by atoms with Crippen molar-refractivity contribution in [2.45, 2.75) is 57.6 Å². The minimum absolute atomic E-state index is 0.300. The molecule has 1 aliphatic carbocycles. The average molecular weight is 404 g/mol. The van der Waals surface area contributed by atoms with Crippen molar-refractivity contribution in [1.29, 1.82) is 0 Å². The first-order valence-electron chi connectivity index (χ1n) is 11.1. The van der Waals surface area contributed by atoms with Crippen molar-refractivity contribution in [3.05, 3.63) is 72.3 Å². The largest absolute Gasteiger partial charge is 0.491 e. The first-order chi connectivity index (χ1) is 14.4. The average Bonchev–Trinajstić information content (AvgIpc) is 3.23. The van der Waals surface area contributed by atoms with Crippen molar-refractivity contribution in [2.75, 3.05) is 18.1 Å². The zero-order chi connectivity index (χ0) is 21.1. The molecule has 0 spiro atoms. The molecule has 4 rings (SSSR count). The molecular weight excluding hydrogens is 370 g/mol. The minimum Gasteiger partial charge on any atom is -0.491 e. The Labute approximate surface area is 180 Å². The van der Waals surface area contributed by atoms with Gasteiger partial charge in [0, 0.05) is 23.7 Å². The maximum atomic E-state index is 9.84. The predicted octanol–water partition coefficient (Wildman–Crippen LogP) is 6.15. The topological polar surface area (TPSA) is 32.7 Å². The van der Waals surface area contributed by atoms with Crippen LogP contribution in [0.5, 0.6) is 5.75 Å². The summed E-state index contributed by atoms with van der Waals surface area (Å²) < 4.78 is 5.71. The lowest BCUT2D eigenvalue weighted by Gasteiger charge is -2.31. The molecule has 3 aromatic carbocycles. The van der Waals surface area contributed by atoms with E-state index in [1.54, 1.807) is 13.8 Å². The lowest BCUT2D eigenvalue weighted by atomic mass is 9.97. The highest BCUT2D eigenvalue weighted by molar-refractivity contribution is 5.94. The first-order valence-corrected chi connectivity index (χ1v) is 11.1. The fraction of sp³-hybridized carbons (Fsp3) is 0.407. The third kappa shape index (κ3) is 4.62. The fourth-order valence-corrected chi connectivity index (χ4v) is 4.72. The highest BCUT2D eigenvalue weighted by Crippen LogP contribution is 2.40. The molecule has 158 valence electrons. The molecule has 1 N–H and O–H groups in total. The molecule has 3 aromatic rings. The number of anilines is 1. The second-order valence-corrected chi connectivity index (χ2v) is 9.12. The third-order valence-electron chi connectivity index (χ3n) is 6.21. The summed E-state index contributed by atoms with van der Waals surface area (Å²) in [6.07, 6.45) is 3.62. The molecule has 0 saturated heterocycles. The Morgan fingerprint density at radius 1 is 0.967 bits per heavy atom. The van der Waals surface area contributed by atoms with Crippen LogP contribution < -0.4 is 9.64 Å². The van der Waals surface area contributed by atoms with E-state index >= 15 is 0 Å². The molecule has 2 unspecified atom stereocenters. The van der Waals surface area contributed by atoms with Gasteiger partial charge in [-0.25, -0.2) is 0 Å². The van der Waals surface area contributed by atoms with Crippen molar-refractivity contribution in [3.63, 3.8) is 0 Å². The summed E-state index contributed by atoms with van der Waals surface area (Å²) in [5.41, 5.74) is 1.93. The van der Waals surface area contributed by atoms with E-state index in [9.17, 15) is 5.11 Å². The molecule has 1 aliphatic rings. The van der Waals surface area contributed by atoms with Gasteiger partial charge in [-0.2, -0.15) is 0 Å². The third-order valence-corrected chi connectivity index (χ3v) is 6.21. The highest BCUT2D eigenvalue weighted by atomic mass is 16.5. The van der Waals surface area contributed by atoms with Gasteiger partial charge >= 0.3 is 0 Å². The molecule has 1 saturated carbocycles. The van der Waals surface area contributed by atoms with Gasteiger partial charge in [-0.3, -0.25) is 0 Å². The van der Waals surface area contributed by atoms with Gasteiger partial charge < -0.3 is 14.7 Å². The number of hydrogen-bond acceptors (Lipinski definition) is 3. The normalized spacial score (nSPS) is 19.2. The number of benzene rings is 3. The first kappa shape index (κ1) is 20.7. The molecule has 0 aromatic heterocycles. The number of fused-ring (bicyclic) bond motifs is 1. The number of nitrogens with zero attached hydrogens (tertiary/aromatic N) is 1. The van der Waals surface area contributed by atoms with E-state index in [0.717, 1.165) is 12.3 Å². The second kappa shape index (κ2) is 8.69. The monoisotopic (exact) mass is 403 g/mol. The lowest BCUT2D eigenvalue weighted by Crippen LogP contribution is -2.33. The van der Waals surface area contributed by atoms with Crippen molar-refractivity contribution in [2.24, 2.45) is 0 Å². The van der Waals surface area contributed by atoms with Crippen molar-refractivity contribution < 1.29 is 9.84 Å². The molecule has 0 heterocycles. The van der Waals surface area contributed by atoms with Gasteiger partial charge in [0.15, 0.2) is 0 Å². The Kier molecular flexibility index (Phi) is 6.01. The molecule has 0 amide bonds. The lowest BCUT2D eigenvalue weighted by molar-refractivity contribution is 0.0285. The van der Waals surface area contributed by atoms with Crippen molar-refractivity contribution in [1.82, 2.24) is 0 Å². The quantitative estimate of drug-likeness (QED) is 0.513. The number of aliphatic hydroxyl groups is 1. The van der Waals surface area contributed by atoms with E-state index in [-0.39, 0.29) is 0 Å². The summed E-state index contributed by atoms with van der Waals surface area (Å²) in [6.45, 7) is 7.11. The van der Waals surface area contributed by atoms with Gasteiger partial charge in [0.2, 0.25) is 0 Å². The zero-order valence-corrected chi connectivity index (χ0v) is 18.3. The zero-order valence-electron chi connectivity index (χ0n) is 18.3. The molecule has 3 nitrogen and oxygen atoms in total. The van der Waals surface area contributed by atoms with E-state index in [0.29, 0.717) is 18.6 Å². The predicted molar refractivity (Wildman–Crippen MR) is 126 cm³/mol. The molecule has 0 bridgehead atoms. The van der Waals surface area contributed by atoms with Crippen LogP contribution in [0, 0.1) is 0 Å². The molecule has 1 fully saturated rings. The summed E-state index contributed by atoms with van der Waals surface area (Å²) in [5.74, 6) is 1.41. The van der Waals surface area contributed by atoms with Crippen LogP contribution in [0.4, 0.5) is 5.69 Å². The SMILES string of the molecule is CCN(c1cccc2ccccc12)C1CCC(c2ccc(OCC(C)(C)O)cc2)C1. The van der Waals surface area contributed by atoms with Gasteiger partial charge in [0.25, 0.3) is 0 Å². The summed E-state index contributed by atoms with van der Waals surface area (Å²) in [6, 6.07) is 24.4. The standard InChI is InChI=1S/C27H33NO2/c1-4-28(26-11-7-9-21-8-5-6-10-25(21)26)23-15-12-22(18-23)20-13-16-24(17-14-20)30-19-27(2,3)29/h5-11,13-14,16-17,22-23,29H,4,12,15,18-19H2,1-3H3. The number of hydrogen-bond donors (Lipinski definition) is 1. The number of rotatable bonds is 7. The van der Waals surface area contributed by atoms with E-state index in [1.165, 1.54) is 41.3 Å². The summed E-state index contributed by atoms with van der Waals surface area (Å²) in [7, 11) is 0. The van der Waals surface area contributed by atoms with Crippen molar-refractivity contribution >= 4 is 16.5 Å². The van der Waals surface area contributed by atoms with Crippen LogP contribution in [0.15, 0.2) is 66.7 Å². The van der Waals surface area contributed by atoms with Crippen molar-refractivity contribution in [3.8, 4) is 5.75 Å². The van der Waals surface area contributed by atoms with Crippen LogP contribution in [0.3, 0.4) is 0 Å². The maximum Gasteiger partial charge on any atom is 0.119 e. The van der Waals surface area contributed by atoms with Gasteiger partial charge in [0.05, 0.1) is 5.60 Å². The summed E-state index contributed by atoms with van der Waals surface area (Å²) in [5, 5.41) is 12.5. The van der Waals surface area contributed by atoms with Gasteiger partial charge in [-0.15, -0.1) is 0 Å². The van der Waals surface area contributed by atoms with Crippen LogP contribution in [-0.2, 0) is 0 Å². The molecule has 3 heteroatoms. The van der Waals surface area contributed by atoms with Crippen LogP contribution in [-0.4, -0.2) is 29.9 Å². The van der Waals surface area contributed by atoms with Gasteiger partial charge in [-0.1, -0.05) is 48.5 Å². The Bertz CT molecular complexity index is 969. The van der Waals surface area contributed by atoms with E-state index in [2.05, 4.69) is 66.4 Å². The Balaban J connectivity index is 1.46. The second-order valence-electron chi connectivity index (χ2n) is 9.12. The molecule has 0 radical (unpaired) electrons. The van der Waals surface area contributed by atoms with E-state index in [1.807, 2.05) is 12.1 Å². The van der Waals surface area contributed by atoms with Crippen LogP contribution in [0.25, 0.3) is 10.8 Å².